The third-order valence-electron chi connectivity index (χ3n) is 7.29. The molecule has 9 N–H and O–H groups in total. The summed E-state index contributed by atoms with van der Waals surface area (Å²) in [5, 5.41) is 32.9. The molecule has 1 fully saturated rings. The molecule has 15 nitrogen and oxygen atoms in total. The molecular formula is C29H50N6O9S4. The van der Waals surface area contributed by atoms with Gasteiger partial charge in [0.15, 0.2) is 11.6 Å². The minimum Gasteiger partial charge on any atom is -0.481 e. The van der Waals surface area contributed by atoms with Crippen molar-refractivity contribution in [3.05, 3.63) is 0 Å². The van der Waals surface area contributed by atoms with E-state index in [1.54, 1.807) is 27.8 Å². The number of carbonyl (C=O) groups excluding carboxylic acids is 6. The number of carboxylic acids is 1. The summed E-state index contributed by atoms with van der Waals surface area (Å²) in [6, 6.07) is -6.86. The van der Waals surface area contributed by atoms with Crippen LogP contribution < -0.4 is 32.3 Å². The summed E-state index contributed by atoms with van der Waals surface area (Å²) >= 11 is 0. The van der Waals surface area contributed by atoms with Crippen molar-refractivity contribution in [1.29, 1.82) is 0 Å². The number of aliphatic hydroxyl groups is 1. The number of hydrogen-bond donors (Lipinski definition) is 8. The van der Waals surface area contributed by atoms with Gasteiger partial charge in [0, 0.05) is 34.8 Å². The minimum atomic E-state index is -1.51. The van der Waals surface area contributed by atoms with Crippen molar-refractivity contribution in [3.8, 4) is 0 Å². The molecule has 0 spiro atoms. The maximum atomic E-state index is 13.3. The SMILES string of the molecule is CCCC(C)C(=O)[C@@H]1CSSC[C@H](NC)C(=O)NC([C@@H](C)O)C(=O)N[C@H](C(=O)C(C)C)CSSC[C@H](N)C(=O)N[C@@H](CC(=O)O)C(=O)N1. The molecule has 4 amide bonds. The molecule has 0 saturated carbocycles. The van der Waals surface area contributed by atoms with Crippen LogP contribution in [-0.2, 0) is 33.6 Å². The Bertz CT molecular complexity index is 1130. The molecule has 1 saturated heterocycles. The molecule has 0 bridgehead atoms. The van der Waals surface area contributed by atoms with E-state index in [2.05, 4.69) is 26.6 Å². The molecule has 0 radical (unpaired) electrons. The first-order chi connectivity index (χ1) is 22.5. The monoisotopic (exact) mass is 754 g/mol. The number of aliphatic hydroxyl groups excluding tert-OH is 1. The van der Waals surface area contributed by atoms with Crippen molar-refractivity contribution < 1.29 is 43.8 Å². The number of carbonyl (C=O) groups is 7. The molecule has 0 aliphatic carbocycles. The summed E-state index contributed by atoms with van der Waals surface area (Å²) in [7, 11) is 6.24. The number of aliphatic carboxylic acids is 1. The van der Waals surface area contributed by atoms with Gasteiger partial charge in [0.2, 0.25) is 23.6 Å². The van der Waals surface area contributed by atoms with Gasteiger partial charge in [0.25, 0.3) is 0 Å². The summed E-state index contributed by atoms with van der Waals surface area (Å²) < 4.78 is 0. The molecule has 1 rings (SSSR count). The maximum Gasteiger partial charge on any atom is 0.305 e. The molecular weight excluding hydrogens is 705 g/mol. The van der Waals surface area contributed by atoms with Crippen LogP contribution in [0.4, 0.5) is 0 Å². The molecule has 19 heteroatoms. The van der Waals surface area contributed by atoms with Crippen molar-refractivity contribution >= 4 is 84.3 Å². The van der Waals surface area contributed by atoms with Gasteiger partial charge in [0.05, 0.1) is 36.7 Å². The first-order valence-corrected chi connectivity index (χ1v) is 20.6. The summed E-state index contributed by atoms with van der Waals surface area (Å²) in [6.45, 7) is 8.34. The van der Waals surface area contributed by atoms with Gasteiger partial charge in [-0.05, 0) is 20.4 Å². The van der Waals surface area contributed by atoms with Gasteiger partial charge in [-0.3, -0.25) is 33.6 Å². The molecule has 1 aliphatic heterocycles. The fraction of sp³-hybridized carbons (Fsp3) is 0.759. The van der Waals surface area contributed by atoms with Crippen LogP contribution in [0.2, 0.25) is 0 Å². The largest absolute Gasteiger partial charge is 0.481 e. The zero-order chi connectivity index (χ0) is 36.6. The van der Waals surface area contributed by atoms with Crippen LogP contribution in [0.15, 0.2) is 0 Å². The van der Waals surface area contributed by atoms with Crippen molar-refractivity contribution in [2.75, 3.05) is 30.1 Å². The first-order valence-electron chi connectivity index (χ1n) is 15.6. The van der Waals surface area contributed by atoms with E-state index >= 15 is 0 Å². The van der Waals surface area contributed by atoms with Crippen LogP contribution in [-0.4, -0.2) is 124 Å². The molecule has 274 valence electrons. The number of rotatable bonds is 10. The predicted molar refractivity (Wildman–Crippen MR) is 191 cm³/mol. The highest BCUT2D eigenvalue weighted by Gasteiger charge is 2.34. The highest BCUT2D eigenvalue weighted by atomic mass is 33.1. The van der Waals surface area contributed by atoms with E-state index in [0.29, 0.717) is 6.42 Å². The smallest absolute Gasteiger partial charge is 0.305 e. The topological polar surface area (TPSA) is 246 Å². The number of nitrogens with one attached hydrogen (secondary N) is 5. The minimum absolute atomic E-state index is 0.00964. The van der Waals surface area contributed by atoms with E-state index in [4.69, 9.17) is 5.73 Å². The van der Waals surface area contributed by atoms with Crippen molar-refractivity contribution in [2.45, 2.75) is 96.2 Å². The Morgan fingerprint density at radius 1 is 0.812 bits per heavy atom. The number of hydrogen-bond acceptors (Lipinski definition) is 14. The maximum absolute atomic E-state index is 13.3. The van der Waals surface area contributed by atoms with E-state index in [9.17, 15) is 43.8 Å². The van der Waals surface area contributed by atoms with Crippen molar-refractivity contribution in [3.63, 3.8) is 0 Å². The third kappa shape index (κ3) is 15.2. The molecule has 1 heterocycles. The van der Waals surface area contributed by atoms with Crippen LogP contribution >= 0.6 is 43.2 Å². The molecule has 48 heavy (non-hydrogen) atoms. The Labute approximate surface area is 297 Å². The average molecular weight is 755 g/mol. The lowest BCUT2D eigenvalue weighted by Gasteiger charge is -2.27. The number of likely N-dealkylation sites (N-methyl/N-ethyl adjacent to an activating group) is 1. The van der Waals surface area contributed by atoms with Gasteiger partial charge in [0.1, 0.15) is 12.1 Å². The highest BCUT2D eigenvalue weighted by molar-refractivity contribution is 8.77. The Hall–Kier alpha value is -2.03. The molecule has 2 unspecified atom stereocenters. The second-order valence-corrected chi connectivity index (χ2v) is 16.8. The lowest BCUT2D eigenvalue weighted by molar-refractivity contribution is -0.141. The molecule has 0 aromatic heterocycles. The zero-order valence-electron chi connectivity index (χ0n) is 28.1. The van der Waals surface area contributed by atoms with Crippen molar-refractivity contribution in [2.24, 2.45) is 17.6 Å². The van der Waals surface area contributed by atoms with Crippen LogP contribution in [0.1, 0.15) is 53.9 Å². The normalized spacial score (nSPS) is 27.6. The van der Waals surface area contributed by atoms with Gasteiger partial charge in [-0.2, -0.15) is 0 Å². The fourth-order valence-electron chi connectivity index (χ4n) is 4.40. The Kier molecular flexibility index (Phi) is 20.7. The lowest BCUT2D eigenvalue weighted by Crippen LogP contribution is -2.59. The summed E-state index contributed by atoms with van der Waals surface area (Å²) in [5.74, 6) is -5.38. The van der Waals surface area contributed by atoms with E-state index in [1.807, 2.05) is 6.92 Å². The van der Waals surface area contributed by atoms with Gasteiger partial charge in [-0.1, -0.05) is 77.3 Å². The van der Waals surface area contributed by atoms with Gasteiger partial charge < -0.3 is 42.5 Å². The van der Waals surface area contributed by atoms with Gasteiger partial charge in [-0.25, -0.2) is 0 Å². The van der Waals surface area contributed by atoms with Crippen LogP contribution in [0.3, 0.4) is 0 Å². The summed E-state index contributed by atoms with van der Waals surface area (Å²) in [4.78, 5) is 90.5. The van der Waals surface area contributed by atoms with E-state index in [0.717, 1.165) is 28.0 Å². The van der Waals surface area contributed by atoms with Gasteiger partial charge >= 0.3 is 5.97 Å². The molecule has 0 aromatic carbocycles. The van der Waals surface area contributed by atoms with Crippen molar-refractivity contribution in [1.82, 2.24) is 26.6 Å². The Morgan fingerprint density at radius 3 is 1.88 bits per heavy atom. The lowest BCUT2D eigenvalue weighted by atomic mass is 9.96. The quantitative estimate of drug-likeness (QED) is 0.134. The fourth-order valence-corrected chi connectivity index (χ4v) is 9.13. The predicted octanol–water partition coefficient (Wildman–Crippen LogP) is -0.297. The third-order valence-corrected chi connectivity index (χ3v) is 12.2. The van der Waals surface area contributed by atoms with E-state index in [-0.39, 0.29) is 34.6 Å². The average Bonchev–Trinajstić information content (AvgIpc) is 3.02. The number of carboxylic acid groups (broad SMARTS) is 1. The zero-order valence-corrected chi connectivity index (χ0v) is 31.4. The number of ketones is 2. The van der Waals surface area contributed by atoms with E-state index < -0.39 is 90.2 Å². The molecule has 0 aromatic rings. The Morgan fingerprint density at radius 2 is 1.35 bits per heavy atom. The highest BCUT2D eigenvalue weighted by Crippen LogP contribution is 2.26. The van der Waals surface area contributed by atoms with Crippen LogP contribution in [0, 0.1) is 11.8 Å². The molecule has 8 atom stereocenters. The standard InChI is InChI=1S/C29H50N6O9S4/c1-7-8-15(4)25(40)20-12-47-48-13-21(31-6)28(43)35-23(16(5)36)29(44)34-19(24(39)14(2)3)11-46-45-10-17(30)26(41)32-18(9-22(37)38)27(42)33-20/h14-21,23,31,36H,7-13,30H2,1-6H3,(H,32,41)(H,33,42)(H,34,44)(H,35,43)(H,37,38)/t15?,16-,17+,18+,19+,20+,21+,23?/m1/s1. The number of amides is 4. The van der Waals surface area contributed by atoms with E-state index in [1.165, 1.54) is 28.5 Å². The second-order valence-electron chi connectivity index (χ2n) is 11.7. The second kappa shape index (κ2) is 22.6. The number of nitrogens with two attached hydrogens (primary N) is 1. The van der Waals surface area contributed by atoms with Crippen LogP contribution in [0.25, 0.3) is 0 Å². The van der Waals surface area contributed by atoms with Crippen LogP contribution in [0.5, 0.6) is 0 Å². The first kappa shape index (κ1) is 44.0. The number of Topliss-reactive ketones (excluding diaryl/α,β-unsaturated/α-hetero) is 2. The molecule has 1 aliphatic rings. The summed E-state index contributed by atoms with van der Waals surface area (Å²) in [5.41, 5.74) is 6.04. The van der Waals surface area contributed by atoms with Gasteiger partial charge in [-0.15, -0.1) is 0 Å². The summed E-state index contributed by atoms with van der Waals surface area (Å²) in [6.07, 6.45) is -0.752. The Balaban J connectivity index is 3.39.